The van der Waals surface area contributed by atoms with Crippen molar-refractivity contribution in [2.75, 3.05) is 45.9 Å². The summed E-state index contributed by atoms with van der Waals surface area (Å²) in [6, 6.07) is 6.02. The first-order chi connectivity index (χ1) is 12.6. The van der Waals surface area contributed by atoms with Gasteiger partial charge in [-0.3, -0.25) is 9.88 Å². The lowest BCUT2D eigenvalue weighted by Gasteiger charge is -2.50. The van der Waals surface area contributed by atoms with Crippen LogP contribution in [0.15, 0.2) is 18.3 Å². The Morgan fingerprint density at radius 1 is 1.23 bits per heavy atom. The molecule has 0 aromatic carbocycles. The van der Waals surface area contributed by atoms with Gasteiger partial charge < -0.3 is 9.64 Å². The van der Waals surface area contributed by atoms with Crippen LogP contribution in [0.1, 0.15) is 44.4 Å². The standard InChI is InChI=1S/C21H32N4O/c1-18(2)17-24-10-12-25(13-11-24)21(7-14-26-15-8-21)6-5-20-19(16-22)4-3-9-23-20/h3-4,9,18H,5-8,10-15,17H2,1-2H3. The fraction of sp³-hybridized carbons (Fsp3) is 0.714. The van der Waals surface area contributed by atoms with Gasteiger partial charge in [0.2, 0.25) is 0 Å². The van der Waals surface area contributed by atoms with E-state index in [-0.39, 0.29) is 5.54 Å². The molecule has 0 saturated carbocycles. The van der Waals surface area contributed by atoms with E-state index >= 15 is 0 Å². The summed E-state index contributed by atoms with van der Waals surface area (Å²) >= 11 is 0. The molecule has 0 N–H and O–H groups in total. The predicted molar refractivity (Wildman–Crippen MR) is 103 cm³/mol. The number of hydrogen-bond acceptors (Lipinski definition) is 5. The van der Waals surface area contributed by atoms with Crippen molar-refractivity contribution in [3.8, 4) is 6.07 Å². The maximum atomic E-state index is 9.34. The van der Waals surface area contributed by atoms with Gasteiger partial charge in [0.25, 0.3) is 0 Å². The summed E-state index contributed by atoms with van der Waals surface area (Å²) in [6.07, 6.45) is 5.91. The molecule has 0 aliphatic carbocycles. The summed E-state index contributed by atoms with van der Waals surface area (Å²) in [4.78, 5) is 9.78. The highest BCUT2D eigenvalue weighted by Crippen LogP contribution is 2.33. The minimum absolute atomic E-state index is 0.201. The number of ether oxygens (including phenoxy) is 1. The number of nitriles is 1. The quantitative estimate of drug-likeness (QED) is 0.784. The van der Waals surface area contributed by atoms with Crippen LogP contribution in [0.4, 0.5) is 0 Å². The minimum atomic E-state index is 0.201. The zero-order valence-corrected chi connectivity index (χ0v) is 16.3. The van der Waals surface area contributed by atoms with E-state index in [0.717, 1.165) is 82.3 Å². The zero-order valence-electron chi connectivity index (χ0n) is 16.3. The van der Waals surface area contributed by atoms with Crippen LogP contribution < -0.4 is 0 Å². The number of nitrogens with zero attached hydrogens (tertiary/aromatic N) is 4. The fourth-order valence-corrected chi connectivity index (χ4v) is 4.49. The molecule has 2 saturated heterocycles. The van der Waals surface area contributed by atoms with Crippen LogP contribution in [0, 0.1) is 17.2 Å². The molecular weight excluding hydrogens is 324 g/mol. The van der Waals surface area contributed by atoms with E-state index in [0.29, 0.717) is 0 Å². The van der Waals surface area contributed by atoms with Crippen LogP contribution in [0.25, 0.3) is 0 Å². The van der Waals surface area contributed by atoms with E-state index in [4.69, 9.17) is 4.74 Å². The van der Waals surface area contributed by atoms with Crippen molar-refractivity contribution < 1.29 is 4.74 Å². The van der Waals surface area contributed by atoms with Crippen LogP contribution in [0.3, 0.4) is 0 Å². The van der Waals surface area contributed by atoms with Gasteiger partial charge in [-0.05, 0) is 43.7 Å². The minimum Gasteiger partial charge on any atom is -0.381 e. The highest BCUT2D eigenvalue weighted by Gasteiger charge is 2.39. The molecule has 3 rings (SSSR count). The van der Waals surface area contributed by atoms with Crippen LogP contribution in [0.5, 0.6) is 0 Å². The molecule has 5 nitrogen and oxygen atoms in total. The topological polar surface area (TPSA) is 52.4 Å². The SMILES string of the molecule is CC(C)CN1CCN(C2(CCc3ncccc3C#N)CCOCC2)CC1. The van der Waals surface area contributed by atoms with Gasteiger partial charge in [-0.2, -0.15) is 5.26 Å². The molecule has 3 heterocycles. The van der Waals surface area contributed by atoms with Crippen LogP contribution in [0.2, 0.25) is 0 Å². The zero-order chi connectivity index (χ0) is 18.4. The summed E-state index contributed by atoms with van der Waals surface area (Å²) in [5.74, 6) is 0.729. The average Bonchev–Trinajstić information content (AvgIpc) is 2.67. The van der Waals surface area contributed by atoms with Crippen LogP contribution in [-0.2, 0) is 11.2 Å². The Kier molecular flexibility index (Phi) is 6.63. The number of piperazine rings is 1. The Morgan fingerprint density at radius 2 is 1.96 bits per heavy atom. The molecule has 26 heavy (non-hydrogen) atoms. The first-order valence-electron chi connectivity index (χ1n) is 10.0. The van der Waals surface area contributed by atoms with Crippen molar-refractivity contribution in [2.45, 2.75) is 45.1 Å². The van der Waals surface area contributed by atoms with Crippen LogP contribution in [-0.4, -0.2) is 66.3 Å². The molecule has 2 aliphatic rings. The number of pyridine rings is 1. The van der Waals surface area contributed by atoms with Crippen molar-refractivity contribution in [2.24, 2.45) is 5.92 Å². The molecule has 2 aliphatic heterocycles. The molecule has 0 bridgehead atoms. The monoisotopic (exact) mass is 356 g/mol. The summed E-state index contributed by atoms with van der Waals surface area (Å²) in [5.41, 5.74) is 1.86. The molecule has 0 spiro atoms. The Balaban J connectivity index is 1.66. The highest BCUT2D eigenvalue weighted by atomic mass is 16.5. The Morgan fingerprint density at radius 3 is 2.62 bits per heavy atom. The third kappa shape index (κ3) is 4.62. The largest absolute Gasteiger partial charge is 0.381 e. The van der Waals surface area contributed by atoms with Gasteiger partial charge in [0.1, 0.15) is 6.07 Å². The fourth-order valence-electron chi connectivity index (χ4n) is 4.49. The summed E-state index contributed by atoms with van der Waals surface area (Å²) in [6.45, 7) is 12.1. The lowest BCUT2D eigenvalue weighted by molar-refractivity contribution is -0.0522. The lowest BCUT2D eigenvalue weighted by atomic mass is 9.82. The molecule has 1 aromatic heterocycles. The Hall–Kier alpha value is -1.48. The van der Waals surface area contributed by atoms with Crippen molar-refractivity contribution in [3.63, 3.8) is 0 Å². The van der Waals surface area contributed by atoms with Gasteiger partial charge in [0.05, 0.1) is 11.3 Å². The van der Waals surface area contributed by atoms with Crippen LogP contribution >= 0.6 is 0 Å². The molecular formula is C21H32N4O. The number of hydrogen-bond donors (Lipinski definition) is 0. The Labute approximate surface area is 158 Å². The van der Waals surface area contributed by atoms with Gasteiger partial charge in [-0.15, -0.1) is 0 Å². The second-order valence-corrected chi connectivity index (χ2v) is 8.13. The van der Waals surface area contributed by atoms with Gasteiger partial charge in [-0.1, -0.05) is 13.8 Å². The maximum absolute atomic E-state index is 9.34. The molecule has 0 amide bonds. The second-order valence-electron chi connectivity index (χ2n) is 8.13. The third-order valence-corrected chi connectivity index (χ3v) is 5.93. The van der Waals surface area contributed by atoms with E-state index in [2.05, 4.69) is 34.7 Å². The second kappa shape index (κ2) is 8.94. The van der Waals surface area contributed by atoms with E-state index in [1.807, 2.05) is 12.1 Å². The van der Waals surface area contributed by atoms with E-state index in [1.54, 1.807) is 6.20 Å². The van der Waals surface area contributed by atoms with E-state index in [1.165, 1.54) is 6.54 Å². The summed E-state index contributed by atoms with van der Waals surface area (Å²) < 4.78 is 5.68. The molecule has 5 heteroatoms. The van der Waals surface area contributed by atoms with Gasteiger partial charge in [-0.25, -0.2) is 0 Å². The number of aryl methyl sites for hydroxylation is 1. The molecule has 0 radical (unpaired) electrons. The first-order valence-corrected chi connectivity index (χ1v) is 10.0. The van der Waals surface area contributed by atoms with Crippen molar-refractivity contribution in [1.82, 2.24) is 14.8 Å². The van der Waals surface area contributed by atoms with Gasteiger partial charge in [0.15, 0.2) is 0 Å². The third-order valence-electron chi connectivity index (χ3n) is 5.93. The number of aromatic nitrogens is 1. The highest BCUT2D eigenvalue weighted by molar-refractivity contribution is 5.32. The molecule has 142 valence electrons. The smallest absolute Gasteiger partial charge is 0.101 e. The van der Waals surface area contributed by atoms with Gasteiger partial charge >= 0.3 is 0 Å². The maximum Gasteiger partial charge on any atom is 0.101 e. The Bertz CT molecular complexity index is 611. The van der Waals surface area contributed by atoms with Gasteiger partial charge in [0, 0.05) is 57.7 Å². The summed E-state index contributed by atoms with van der Waals surface area (Å²) in [5, 5.41) is 9.34. The average molecular weight is 357 g/mol. The van der Waals surface area contributed by atoms with E-state index in [9.17, 15) is 5.26 Å². The molecule has 1 aromatic rings. The summed E-state index contributed by atoms with van der Waals surface area (Å²) in [7, 11) is 0. The molecule has 2 fully saturated rings. The molecule has 0 atom stereocenters. The first kappa shape index (κ1) is 19.3. The molecule has 0 unspecified atom stereocenters. The van der Waals surface area contributed by atoms with Crippen molar-refractivity contribution >= 4 is 0 Å². The van der Waals surface area contributed by atoms with E-state index < -0.39 is 0 Å². The lowest BCUT2D eigenvalue weighted by Crippen LogP contribution is -2.59. The number of rotatable bonds is 6. The normalized spacial score (nSPS) is 21.6. The van der Waals surface area contributed by atoms with Crippen molar-refractivity contribution in [1.29, 1.82) is 5.26 Å². The predicted octanol–water partition coefficient (Wildman–Crippen LogP) is 2.71. The van der Waals surface area contributed by atoms with Crippen molar-refractivity contribution in [3.05, 3.63) is 29.6 Å².